The maximum absolute atomic E-state index is 11.2. The highest BCUT2D eigenvalue weighted by Crippen LogP contribution is 2.18. The zero-order valence-electron chi connectivity index (χ0n) is 14.2. The molecule has 0 bridgehead atoms. The molecule has 2 aromatic rings. The second-order valence-corrected chi connectivity index (χ2v) is 7.34. The van der Waals surface area contributed by atoms with Crippen LogP contribution in [0, 0.1) is 0 Å². The van der Waals surface area contributed by atoms with Gasteiger partial charge in [-0.25, -0.2) is 13.6 Å². The molecule has 4 N–H and O–H groups in total. The van der Waals surface area contributed by atoms with Crippen molar-refractivity contribution in [1.29, 1.82) is 0 Å². The van der Waals surface area contributed by atoms with E-state index >= 15 is 0 Å². The topological polar surface area (TPSA) is 87.5 Å². The van der Waals surface area contributed by atoms with Crippen molar-refractivity contribution in [2.24, 2.45) is 5.14 Å². The third-order valence-corrected chi connectivity index (χ3v) is 4.83. The SMILES string of the molecule is CCN(CC)c1ccc(NC(=S)Nc2ccc(S(N)(=O)=O)cc2)cc1. The highest BCUT2D eigenvalue weighted by molar-refractivity contribution is 7.89. The molecule has 0 aliphatic carbocycles. The molecule has 0 radical (unpaired) electrons. The van der Waals surface area contributed by atoms with Crippen molar-refractivity contribution in [3.63, 3.8) is 0 Å². The summed E-state index contributed by atoms with van der Waals surface area (Å²) in [5, 5.41) is 11.6. The van der Waals surface area contributed by atoms with Gasteiger partial charge in [-0.2, -0.15) is 0 Å². The van der Waals surface area contributed by atoms with Crippen LogP contribution in [0.1, 0.15) is 13.8 Å². The van der Waals surface area contributed by atoms with Crippen LogP contribution in [-0.2, 0) is 10.0 Å². The van der Waals surface area contributed by atoms with Gasteiger partial charge in [0, 0.05) is 30.2 Å². The van der Waals surface area contributed by atoms with Crippen LogP contribution in [0.2, 0.25) is 0 Å². The molecule has 0 aromatic heterocycles. The van der Waals surface area contributed by atoms with Crippen molar-refractivity contribution in [1.82, 2.24) is 0 Å². The largest absolute Gasteiger partial charge is 0.372 e. The van der Waals surface area contributed by atoms with Gasteiger partial charge in [0.1, 0.15) is 0 Å². The van der Waals surface area contributed by atoms with E-state index in [4.69, 9.17) is 17.4 Å². The van der Waals surface area contributed by atoms with Crippen molar-refractivity contribution >= 4 is 44.4 Å². The first kappa shape index (κ1) is 19.2. The van der Waals surface area contributed by atoms with E-state index in [0.29, 0.717) is 10.8 Å². The number of primary sulfonamides is 1. The van der Waals surface area contributed by atoms with Crippen molar-refractivity contribution in [3.8, 4) is 0 Å². The van der Waals surface area contributed by atoms with Crippen LogP contribution >= 0.6 is 12.2 Å². The molecule has 0 heterocycles. The molecule has 0 aliphatic heterocycles. The highest BCUT2D eigenvalue weighted by Gasteiger charge is 2.07. The summed E-state index contributed by atoms with van der Waals surface area (Å²) >= 11 is 5.28. The lowest BCUT2D eigenvalue weighted by Crippen LogP contribution is -2.22. The Labute approximate surface area is 154 Å². The molecule has 2 aromatic carbocycles. The van der Waals surface area contributed by atoms with E-state index in [-0.39, 0.29) is 4.90 Å². The summed E-state index contributed by atoms with van der Waals surface area (Å²) in [5.74, 6) is 0. The van der Waals surface area contributed by atoms with Crippen LogP contribution in [0.25, 0.3) is 0 Å². The Hall–Kier alpha value is -2.16. The molecule has 8 heteroatoms. The number of anilines is 3. The molecule has 134 valence electrons. The number of sulfonamides is 1. The minimum Gasteiger partial charge on any atom is -0.372 e. The first-order chi connectivity index (χ1) is 11.8. The average Bonchev–Trinajstić information content (AvgIpc) is 2.57. The van der Waals surface area contributed by atoms with Gasteiger partial charge in [-0.1, -0.05) is 0 Å². The monoisotopic (exact) mass is 378 g/mol. The molecule has 0 atom stereocenters. The summed E-state index contributed by atoms with van der Waals surface area (Å²) in [6.45, 7) is 6.15. The number of hydrogen-bond acceptors (Lipinski definition) is 4. The van der Waals surface area contributed by atoms with Crippen molar-refractivity contribution < 1.29 is 8.42 Å². The summed E-state index contributed by atoms with van der Waals surface area (Å²) in [7, 11) is -3.69. The van der Waals surface area contributed by atoms with Gasteiger partial charge in [0.15, 0.2) is 5.11 Å². The predicted octanol–water partition coefficient (Wildman–Crippen LogP) is 2.99. The lowest BCUT2D eigenvalue weighted by atomic mass is 10.2. The smallest absolute Gasteiger partial charge is 0.238 e. The molecule has 2 rings (SSSR count). The lowest BCUT2D eigenvalue weighted by Gasteiger charge is -2.21. The first-order valence-corrected chi connectivity index (χ1v) is 9.84. The van der Waals surface area contributed by atoms with Crippen LogP contribution in [0.5, 0.6) is 0 Å². The van der Waals surface area contributed by atoms with E-state index in [1.807, 2.05) is 24.3 Å². The Balaban J connectivity index is 1.98. The molecule has 0 spiro atoms. The fourth-order valence-corrected chi connectivity index (χ4v) is 3.12. The van der Waals surface area contributed by atoms with Gasteiger partial charge in [-0.15, -0.1) is 0 Å². The van der Waals surface area contributed by atoms with Gasteiger partial charge in [-0.05, 0) is 74.6 Å². The third kappa shape index (κ3) is 5.42. The number of rotatable bonds is 6. The molecule has 0 saturated heterocycles. The zero-order chi connectivity index (χ0) is 18.4. The van der Waals surface area contributed by atoms with Crippen LogP contribution < -0.4 is 20.7 Å². The number of hydrogen-bond donors (Lipinski definition) is 3. The Morgan fingerprint density at radius 3 is 1.80 bits per heavy atom. The van der Waals surface area contributed by atoms with Crippen LogP contribution in [0.15, 0.2) is 53.4 Å². The Bertz CT molecular complexity index is 815. The minimum atomic E-state index is -3.69. The maximum Gasteiger partial charge on any atom is 0.238 e. The van der Waals surface area contributed by atoms with Crippen molar-refractivity contribution in [2.45, 2.75) is 18.7 Å². The highest BCUT2D eigenvalue weighted by atomic mass is 32.2. The quantitative estimate of drug-likeness (QED) is 0.670. The van der Waals surface area contributed by atoms with Crippen LogP contribution in [0.4, 0.5) is 17.1 Å². The molecule has 0 aliphatic rings. The minimum absolute atomic E-state index is 0.0592. The predicted molar refractivity (Wildman–Crippen MR) is 108 cm³/mol. The fourth-order valence-electron chi connectivity index (χ4n) is 2.37. The molecule has 25 heavy (non-hydrogen) atoms. The van der Waals surface area contributed by atoms with E-state index in [1.54, 1.807) is 12.1 Å². The van der Waals surface area contributed by atoms with Gasteiger partial charge >= 0.3 is 0 Å². The third-order valence-electron chi connectivity index (χ3n) is 3.69. The number of nitrogens with one attached hydrogen (secondary N) is 2. The lowest BCUT2D eigenvalue weighted by molar-refractivity contribution is 0.598. The van der Waals surface area contributed by atoms with E-state index < -0.39 is 10.0 Å². The number of nitrogens with two attached hydrogens (primary N) is 1. The maximum atomic E-state index is 11.2. The zero-order valence-corrected chi connectivity index (χ0v) is 15.8. The molecule has 0 unspecified atom stereocenters. The van der Waals surface area contributed by atoms with Crippen molar-refractivity contribution in [3.05, 3.63) is 48.5 Å². The summed E-state index contributed by atoms with van der Waals surface area (Å²) < 4.78 is 22.5. The number of benzene rings is 2. The van der Waals surface area contributed by atoms with E-state index in [9.17, 15) is 8.42 Å². The van der Waals surface area contributed by atoms with Gasteiger partial charge in [0.25, 0.3) is 0 Å². The molecule has 6 nitrogen and oxygen atoms in total. The van der Waals surface area contributed by atoms with Crippen molar-refractivity contribution in [2.75, 3.05) is 28.6 Å². The van der Waals surface area contributed by atoms with Crippen LogP contribution in [0.3, 0.4) is 0 Å². The van der Waals surface area contributed by atoms with E-state index in [2.05, 4.69) is 29.4 Å². The normalized spacial score (nSPS) is 11.0. The number of thiocarbonyl (C=S) groups is 1. The average molecular weight is 379 g/mol. The number of nitrogens with zero attached hydrogens (tertiary/aromatic N) is 1. The Kier molecular flexibility index (Phi) is 6.35. The van der Waals surface area contributed by atoms with E-state index in [1.165, 1.54) is 12.1 Å². The summed E-state index contributed by atoms with van der Waals surface area (Å²) in [4.78, 5) is 2.32. The molecule has 0 saturated carbocycles. The summed E-state index contributed by atoms with van der Waals surface area (Å²) in [6.07, 6.45) is 0. The fraction of sp³-hybridized carbons (Fsp3) is 0.235. The second-order valence-electron chi connectivity index (χ2n) is 5.37. The summed E-state index contributed by atoms with van der Waals surface area (Å²) in [6, 6.07) is 14.1. The molecular formula is C17H22N4O2S2. The standard InChI is InChI=1S/C17H22N4O2S2/c1-3-21(4-2)15-9-5-13(6-10-15)19-17(24)20-14-7-11-16(12-8-14)25(18,22)23/h5-12H,3-4H2,1-2H3,(H2,18,22,23)(H2,19,20,24). The van der Waals surface area contributed by atoms with Crippen LogP contribution in [-0.4, -0.2) is 26.6 Å². The van der Waals surface area contributed by atoms with Gasteiger partial charge in [-0.3, -0.25) is 0 Å². The van der Waals surface area contributed by atoms with Gasteiger partial charge < -0.3 is 15.5 Å². The Morgan fingerprint density at radius 2 is 1.40 bits per heavy atom. The molecule has 0 amide bonds. The second kappa shape index (κ2) is 8.28. The summed E-state index contributed by atoms with van der Waals surface area (Å²) in [5.41, 5.74) is 2.70. The first-order valence-electron chi connectivity index (χ1n) is 7.89. The molecular weight excluding hydrogens is 356 g/mol. The Morgan fingerprint density at radius 1 is 0.960 bits per heavy atom. The van der Waals surface area contributed by atoms with Gasteiger partial charge in [0.05, 0.1) is 4.90 Å². The van der Waals surface area contributed by atoms with Gasteiger partial charge in [0.2, 0.25) is 10.0 Å². The van der Waals surface area contributed by atoms with E-state index in [0.717, 1.165) is 24.5 Å². The molecule has 0 fully saturated rings.